The highest BCUT2D eigenvalue weighted by Gasteiger charge is 2.73. The Morgan fingerprint density at radius 2 is 1.57 bits per heavy atom. The summed E-state index contributed by atoms with van der Waals surface area (Å²) in [6.07, 6.45) is -12.1. The lowest BCUT2D eigenvalue weighted by atomic mass is 9.92. The second-order valence-corrected chi connectivity index (χ2v) is 8.53. The number of nitrogens with zero attached hydrogens (tertiary/aromatic N) is 1. The Hall–Kier alpha value is -3.71. The van der Waals surface area contributed by atoms with E-state index in [0.29, 0.717) is 12.5 Å². The highest BCUT2D eigenvalue weighted by atomic mass is 19.4. The molecule has 0 fully saturated rings. The molecule has 37 heavy (non-hydrogen) atoms. The van der Waals surface area contributed by atoms with Crippen LogP contribution in [-0.2, 0) is 5.67 Å². The molecule has 2 N–H and O–H groups in total. The van der Waals surface area contributed by atoms with E-state index in [0.717, 1.165) is 25.1 Å². The van der Waals surface area contributed by atoms with Gasteiger partial charge in [0.2, 0.25) is 0 Å². The SMILES string of the molecule is Cc1cc(C(F)(C(F)(F)F)C(F)(F)F)ccc1NC(=O)c1cccc([N+](=O)[O-])c1C(=O)NCCC(C)C. The van der Waals surface area contributed by atoms with Crippen LogP contribution in [0.25, 0.3) is 0 Å². The molecule has 2 amide bonds. The molecule has 0 aliphatic carbocycles. The third-order valence-corrected chi connectivity index (χ3v) is 5.37. The number of carbonyl (C=O) groups excluding carboxylic acids is 2. The van der Waals surface area contributed by atoms with Gasteiger partial charge >= 0.3 is 18.0 Å². The van der Waals surface area contributed by atoms with Crippen molar-refractivity contribution in [3.8, 4) is 0 Å². The molecule has 0 spiro atoms. The van der Waals surface area contributed by atoms with Crippen molar-refractivity contribution in [3.05, 3.63) is 68.8 Å². The lowest BCUT2D eigenvalue weighted by Crippen LogP contribution is -2.50. The third-order valence-electron chi connectivity index (χ3n) is 5.37. The zero-order valence-corrected chi connectivity index (χ0v) is 19.7. The number of aryl methyl sites for hydroxylation is 1. The first-order chi connectivity index (χ1) is 16.9. The normalized spacial score (nSPS) is 12.4. The van der Waals surface area contributed by atoms with E-state index >= 15 is 0 Å². The molecule has 0 saturated carbocycles. The molecule has 2 aromatic rings. The van der Waals surface area contributed by atoms with Crippen LogP contribution in [0.15, 0.2) is 36.4 Å². The summed E-state index contributed by atoms with van der Waals surface area (Å²) in [5, 5.41) is 16.1. The molecule has 0 unspecified atom stereocenters. The number of nitro benzene ring substituents is 1. The van der Waals surface area contributed by atoms with E-state index in [1.165, 1.54) is 0 Å². The summed E-state index contributed by atoms with van der Waals surface area (Å²) < 4.78 is 92.6. The third kappa shape index (κ3) is 6.17. The summed E-state index contributed by atoms with van der Waals surface area (Å²) in [6, 6.07) is 4.33. The lowest BCUT2D eigenvalue weighted by molar-refractivity contribution is -0.385. The van der Waals surface area contributed by atoms with Crippen molar-refractivity contribution in [1.82, 2.24) is 5.32 Å². The van der Waals surface area contributed by atoms with Gasteiger partial charge in [-0.2, -0.15) is 26.3 Å². The monoisotopic (exact) mass is 537 g/mol. The fourth-order valence-corrected chi connectivity index (χ4v) is 3.38. The van der Waals surface area contributed by atoms with Crippen molar-refractivity contribution >= 4 is 23.2 Å². The predicted molar refractivity (Wildman–Crippen MR) is 119 cm³/mol. The van der Waals surface area contributed by atoms with Gasteiger partial charge in [0.1, 0.15) is 5.56 Å². The topological polar surface area (TPSA) is 101 Å². The minimum atomic E-state index is -6.32. The molecule has 0 saturated heterocycles. The average molecular weight is 537 g/mol. The number of carbonyl (C=O) groups is 2. The molecule has 202 valence electrons. The molecule has 0 radical (unpaired) electrons. The van der Waals surface area contributed by atoms with Crippen LogP contribution in [0.4, 0.5) is 42.1 Å². The molecule has 0 aliphatic heterocycles. The number of anilines is 1. The lowest BCUT2D eigenvalue weighted by Gasteiger charge is -2.30. The number of hydrogen-bond donors (Lipinski definition) is 2. The molecular weight excluding hydrogens is 515 g/mol. The quantitative estimate of drug-likeness (QED) is 0.237. The van der Waals surface area contributed by atoms with Crippen LogP contribution in [0.3, 0.4) is 0 Å². The van der Waals surface area contributed by atoms with Crippen LogP contribution in [-0.4, -0.2) is 35.6 Å². The van der Waals surface area contributed by atoms with Crippen LogP contribution in [0, 0.1) is 23.0 Å². The number of nitrogens with one attached hydrogen (secondary N) is 2. The van der Waals surface area contributed by atoms with Crippen LogP contribution in [0.1, 0.15) is 52.1 Å². The van der Waals surface area contributed by atoms with Crippen molar-refractivity contribution in [1.29, 1.82) is 0 Å². The summed E-state index contributed by atoms with van der Waals surface area (Å²) in [5.41, 5.74) is -9.82. The maximum atomic E-state index is 14.3. The van der Waals surface area contributed by atoms with Crippen molar-refractivity contribution in [2.45, 2.75) is 45.2 Å². The van der Waals surface area contributed by atoms with E-state index in [2.05, 4.69) is 10.6 Å². The number of nitro groups is 1. The second kappa shape index (κ2) is 10.7. The minimum absolute atomic E-state index is 0.146. The molecule has 0 bridgehead atoms. The number of hydrogen-bond acceptors (Lipinski definition) is 4. The summed E-state index contributed by atoms with van der Waals surface area (Å²) in [5.74, 6) is -1.84. The Morgan fingerprint density at radius 1 is 0.973 bits per heavy atom. The highest BCUT2D eigenvalue weighted by molar-refractivity contribution is 6.14. The van der Waals surface area contributed by atoms with Gasteiger partial charge in [-0.05, 0) is 37.0 Å². The van der Waals surface area contributed by atoms with E-state index in [-0.39, 0.29) is 35.8 Å². The molecule has 7 nitrogen and oxygen atoms in total. The zero-order chi connectivity index (χ0) is 28.3. The molecule has 0 atom stereocenters. The molecule has 14 heteroatoms. The molecule has 2 rings (SSSR count). The number of halogens is 7. The summed E-state index contributed by atoms with van der Waals surface area (Å²) in [6.45, 7) is 4.92. The second-order valence-electron chi connectivity index (χ2n) is 8.53. The van der Waals surface area contributed by atoms with Gasteiger partial charge in [-0.25, -0.2) is 4.39 Å². The number of amides is 2. The molecule has 0 heterocycles. The van der Waals surface area contributed by atoms with Gasteiger partial charge in [0.25, 0.3) is 17.5 Å². The first-order valence-corrected chi connectivity index (χ1v) is 10.7. The van der Waals surface area contributed by atoms with E-state index < -0.39 is 57.1 Å². The Labute approximate surface area is 206 Å². The predicted octanol–water partition coefficient (Wildman–Crippen LogP) is 6.22. The Kier molecular flexibility index (Phi) is 8.56. The standard InChI is InChI=1S/C23H22F7N3O4/c1-12(2)9-10-31-20(35)18-15(5-4-6-17(18)33(36)37)19(34)32-16-8-7-14(11-13(16)3)21(24,22(25,26)27)23(28,29)30/h4-8,11-12H,9-10H2,1-3H3,(H,31,35)(H,32,34). The van der Waals surface area contributed by atoms with Gasteiger partial charge in [0, 0.05) is 23.9 Å². The van der Waals surface area contributed by atoms with E-state index in [1.807, 2.05) is 13.8 Å². The van der Waals surface area contributed by atoms with Gasteiger partial charge in [-0.3, -0.25) is 19.7 Å². The minimum Gasteiger partial charge on any atom is -0.352 e. The summed E-state index contributed by atoms with van der Waals surface area (Å²) in [4.78, 5) is 36.2. The van der Waals surface area contributed by atoms with Crippen molar-refractivity contribution in [2.75, 3.05) is 11.9 Å². The maximum absolute atomic E-state index is 14.3. The first kappa shape index (κ1) is 29.5. The van der Waals surface area contributed by atoms with E-state index in [9.17, 15) is 50.4 Å². The van der Waals surface area contributed by atoms with Gasteiger partial charge in [0.15, 0.2) is 0 Å². The highest BCUT2D eigenvalue weighted by Crippen LogP contribution is 2.53. The molecule has 0 aliphatic rings. The zero-order valence-electron chi connectivity index (χ0n) is 19.7. The van der Waals surface area contributed by atoms with Gasteiger partial charge in [0.05, 0.1) is 10.5 Å². The van der Waals surface area contributed by atoms with Crippen LogP contribution in [0.2, 0.25) is 0 Å². The molecular formula is C23H22F7N3O4. The van der Waals surface area contributed by atoms with E-state index in [4.69, 9.17) is 0 Å². The van der Waals surface area contributed by atoms with Crippen molar-refractivity contribution in [2.24, 2.45) is 5.92 Å². The van der Waals surface area contributed by atoms with E-state index in [1.54, 1.807) is 0 Å². The smallest absolute Gasteiger partial charge is 0.352 e. The Morgan fingerprint density at radius 3 is 2.05 bits per heavy atom. The molecule has 0 aromatic heterocycles. The van der Waals surface area contributed by atoms with Crippen molar-refractivity contribution < 1.29 is 45.2 Å². The van der Waals surface area contributed by atoms with Crippen molar-refractivity contribution in [3.63, 3.8) is 0 Å². The number of benzene rings is 2. The van der Waals surface area contributed by atoms with Crippen LogP contribution in [0.5, 0.6) is 0 Å². The first-order valence-electron chi connectivity index (χ1n) is 10.7. The fraction of sp³-hybridized carbons (Fsp3) is 0.391. The number of rotatable bonds is 8. The largest absolute Gasteiger partial charge is 0.435 e. The molecule has 2 aromatic carbocycles. The summed E-state index contributed by atoms with van der Waals surface area (Å²) >= 11 is 0. The van der Waals surface area contributed by atoms with Gasteiger partial charge < -0.3 is 10.6 Å². The van der Waals surface area contributed by atoms with Crippen LogP contribution < -0.4 is 10.6 Å². The average Bonchev–Trinajstić information content (AvgIpc) is 2.77. The van der Waals surface area contributed by atoms with Gasteiger partial charge in [-0.15, -0.1) is 0 Å². The Bertz CT molecular complexity index is 1180. The Balaban J connectivity index is 2.46. The maximum Gasteiger partial charge on any atom is 0.435 e. The fourth-order valence-electron chi connectivity index (χ4n) is 3.38. The summed E-state index contributed by atoms with van der Waals surface area (Å²) in [7, 11) is 0. The number of alkyl halides is 7. The van der Waals surface area contributed by atoms with Gasteiger partial charge in [-0.1, -0.05) is 32.0 Å². The van der Waals surface area contributed by atoms with Crippen LogP contribution >= 0.6 is 0 Å².